The first kappa shape index (κ1) is 110. The minimum atomic E-state index is -1.07. The number of ketones is 1. The van der Waals surface area contributed by atoms with Gasteiger partial charge in [0.25, 0.3) is 22.2 Å². The van der Waals surface area contributed by atoms with Crippen LogP contribution in [0, 0.1) is 39.0 Å². The Hall–Kier alpha value is -11.7. The van der Waals surface area contributed by atoms with Crippen molar-refractivity contribution in [2.24, 2.45) is 0 Å². The minimum Gasteiger partial charge on any atom is -0.480 e. The van der Waals surface area contributed by atoms with E-state index >= 15 is 0 Å². The largest absolute Gasteiger partial charge is 0.480 e. The van der Waals surface area contributed by atoms with Gasteiger partial charge in [0, 0.05) is 104 Å². The number of likely N-dealkylation sites (tertiary alicyclic amines) is 1. The van der Waals surface area contributed by atoms with Crippen LogP contribution in [0.4, 0.5) is 5.00 Å². The first-order chi connectivity index (χ1) is 66.1. The Kier molecular flexibility index (Phi) is 43.5. The number of thiophene rings is 5. The number of rotatable bonds is 19. The summed E-state index contributed by atoms with van der Waals surface area (Å²) in [5.74, 6) is -0.430. The van der Waals surface area contributed by atoms with Crippen molar-refractivity contribution in [3.05, 3.63) is 278 Å². The number of carbonyl (C=O) groups is 7. The van der Waals surface area contributed by atoms with Crippen molar-refractivity contribution in [2.75, 3.05) is 63.7 Å². The molecule has 15 aromatic rings. The maximum atomic E-state index is 13.2. The third-order valence-corrected chi connectivity index (χ3v) is 26.4. The zero-order valence-electron chi connectivity index (χ0n) is 76.1. The lowest BCUT2D eigenvalue weighted by atomic mass is 10.0. The molecule has 9 aromatic heterocycles. The number of nitrogens with one attached hydrogen (secondary N) is 2. The van der Waals surface area contributed by atoms with E-state index in [1.807, 2.05) is 105 Å². The fourth-order valence-electron chi connectivity index (χ4n) is 13.4. The fraction of sp³-hybridized carbons (Fsp3) is 0.265. The average molecular weight is 2150 g/mol. The van der Waals surface area contributed by atoms with Crippen molar-refractivity contribution in [2.45, 2.75) is 114 Å². The van der Waals surface area contributed by atoms with Crippen LogP contribution in [0.25, 0.3) is 96.5 Å². The number of carboxylic acids is 1. The number of hydrogen-bond acceptors (Lipinski definition) is 27. The fourth-order valence-corrected chi connectivity index (χ4v) is 19.1. The number of amides is 1. The van der Waals surface area contributed by atoms with E-state index in [1.165, 1.54) is 103 Å². The van der Waals surface area contributed by atoms with Gasteiger partial charge in [0.15, 0.2) is 5.78 Å². The van der Waals surface area contributed by atoms with E-state index in [1.54, 1.807) is 134 Å². The summed E-state index contributed by atoms with van der Waals surface area (Å²) >= 11 is 45.1. The number of H-pyrrole nitrogens is 1. The van der Waals surface area contributed by atoms with Gasteiger partial charge in [0.05, 0.1) is 54.0 Å². The summed E-state index contributed by atoms with van der Waals surface area (Å²) in [6.45, 7) is 20.4. The summed E-state index contributed by atoms with van der Waals surface area (Å²) < 4.78 is 22.9. The van der Waals surface area contributed by atoms with Gasteiger partial charge in [0.1, 0.15) is 84.6 Å². The molecule has 5 N–H and O–H groups in total. The number of carbonyl (C=O) groups excluding carboxylic acids is 6. The summed E-state index contributed by atoms with van der Waals surface area (Å²) in [6.07, 6.45) is 4.69. The molecule has 0 spiro atoms. The second kappa shape index (κ2) is 54.6. The smallest absolute Gasteiger partial charge is 0.341 e. The molecule has 0 atom stereocenters. The molecule has 6 aromatic carbocycles. The van der Waals surface area contributed by atoms with Crippen LogP contribution in [-0.4, -0.2) is 148 Å². The molecule has 138 heavy (non-hydrogen) atoms. The number of anilines is 1. The predicted molar refractivity (Wildman–Crippen MR) is 559 cm³/mol. The molecular formula is C98H95BrCl6N12O16S5. The van der Waals surface area contributed by atoms with Gasteiger partial charge in [-0.05, 0) is 214 Å². The summed E-state index contributed by atoms with van der Waals surface area (Å²) in [7, 11) is 0. The van der Waals surface area contributed by atoms with Crippen LogP contribution < -0.4 is 33.3 Å². The lowest BCUT2D eigenvalue weighted by Gasteiger charge is -2.17. The number of ether oxygens (including phenoxy) is 4. The Morgan fingerprint density at radius 2 is 0.783 bits per heavy atom. The number of fused-ring (bicyclic) bond motifs is 4. The van der Waals surface area contributed by atoms with E-state index in [4.69, 9.17) is 95.2 Å². The van der Waals surface area contributed by atoms with Crippen LogP contribution in [0.5, 0.6) is 0 Å². The number of nitrogens with two attached hydrogens (primary N) is 1. The number of nitrogens with zero attached hydrogens (tertiary/aromatic N) is 9. The molecule has 11 heterocycles. The lowest BCUT2D eigenvalue weighted by molar-refractivity contribution is -0.144. The van der Waals surface area contributed by atoms with E-state index in [-0.39, 0.29) is 72.0 Å². The Bertz CT molecular complexity index is 7050. The summed E-state index contributed by atoms with van der Waals surface area (Å²) in [6, 6.07) is 45.0. The Labute approximate surface area is 852 Å². The van der Waals surface area contributed by atoms with Crippen LogP contribution in [0.2, 0.25) is 30.1 Å². The molecule has 40 heteroatoms. The molecule has 2 saturated heterocycles. The van der Waals surface area contributed by atoms with E-state index in [2.05, 4.69) is 55.6 Å². The Morgan fingerprint density at radius 1 is 0.449 bits per heavy atom. The highest BCUT2D eigenvalue weighted by atomic mass is 79.9. The summed E-state index contributed by atoms with van der Waals surface area (Å²) in [5.41, 5.74) is 14.7. The zero-order chi connectivity index (χ0) is 100. The number of esters is 4. The number of Topliss-reactive ketones (excluding diaryl/α,β-unsaturated/α-hetero) is 1. The number of nitrogen functional groups attached to an aromatic ring is 1. The number of nitriles is 1. The van der Waals surface area contributed by atoms with Gasteiger partial charge >= 0.3 is 29.8 Å². The van der Waals surface area contributed by atoms with Crippen molar-refractivity contribution in [1.29, 1.82) is 5.26 Å². The molecule has 0 unspecified atom stereocenters. The van der Waals surface area contributed by atoms with Gasteiger partial charge in [-0.15, -0.1) is 56.7 Å². The highest BCUT2D eigenvalue weighted by Gasteiger charge is 2.25. The minimum absolute atomic E-state index is 0.0166. The van der Waals surface area contributed by atoms with Crippen LogP contribution in [0.3, 0.4) is 0 Å². The maximum absolute atomic E-state index is 13.2. The van der Waals surface area contributed by atoms with Crippen LogP contribution >= 0.6 is 142 Å². The quantitative estimate of drug-likeness (QED) is 0.0253. The highest BCUT2D eigenvalue weighted by Crippen LogP contribution is 2.38. The number of aliphatic carboxylic acids is 1. The average Bonchev–Trinajstić information content (AvgIpc) is 1.61. The topological polar surface area (TPSA) is 392 Å². The molecule has 2 aliphatic rings. The molecule has 2 fully saturated rings. The molecule has 722 valence electrons. The van der Waals surface area contributed by atoms with E-state index in [9.17, 15) is 52.7 Å². The zero-order valence-corrected chi connectivity index (χ0v) is 86.3. The first-order valence-corrected chi connectivity index (χ1v) is 50.6. The third-order valence-electron chi connectivity index (χ3n) is 20.1. The standard InChI is InChI=1S/C19H18ClN3O2S.C17H15ClN2O3S.C15H11ClN2O3S.C13H9ClN2OS.C13H12ClNO2S.C8H7ClO.C5H7NO2.C4H7BrO2.C4H9N/c1-12-21-18-17(15(11-26-18)13-4-6-14(20)7-5-13)19(25)23(12)10-16(24)22-8-2-3-9-22;1-3-23-14(21)8-20-10(2)19-16-15(17(20)22)13(9-24-16)11-4-6-12(18)7-5-11;1-8-17-14-13(15(21)18(8)6-12(19)20)11(7-22-14)9-2-4-10(16)5-3-9;1-7-15-12(17)11-10(6-18-13(11)16-7)8-2-4-9(14)5-3-8;1-2-17-13(16)11-10(7-18-12(11)15)8-3-5-9(14)6-4-8;1-6(10)7-2-4-8(9)5-3-7;1-2-8-5(7)3-4-6;1-2-7-4(6)3-5;1-2-4-5-3-1/h4-7,11H,2-3,8-10H2,1H3;4-7,9H,3,8H2,1-2H3;2-5,7H,6H2,1H3,(H,19,20);2-6H,1H3,(H,15,16,17);3-7H,2,15H2,1H3;2-5H,1H3;2-3H2,1H3;2-3H2,1H3;5H,1-4H2. The second-order valence-electron chi connectivity index (χ2n) is 29.6. The number of hydrogen-bond donors (Lipinski definition) is 4. The predicted octanol–water partition coefficient (Wildman–Crippen LogP) is 22.3. The molecule has 1 amide bonds. The lowest BCUT2D eigenvalue weighted by Crippen LogP contribution is -2.35. The van der Waals surface area contributed by atoms with E-state index in [0.29, 0.717) is 131 Å². The maximum Gasteiger partial charge on any atom is 0.341 e. The molecule has 17 rings (SSSR count). The first-order valence-electron chi connectivity index (χ1n) is 42.8. The SMILES string of the molecule is C1CCNC1.CC(=O)c1ccc(Cl)cc1.CCOC(=O)CBr.CCOC(=O)CC#N.CCOC(=O)Cn1c(C)nc2scc(-c3ccc(Cl)cc3)c2c1=O.CCOC(=O)c1c(-c2ccc(Cl)cc2)csc1N.Cc1nc2scc(-c3ccc(Cl)cc3)c2c(=O)[nH]1.Cc1nc2scc(-c3ccc(Cl)cc3)c2c(=O)n1CC(=O)N1CCCC1.Cc1nc2scc(-c3ccc(Cl)cc3)c2c(=O)n1CC(=O)O. The van der Waals surface area contributed by atoms with Gasteiger partial charge < -0.3 is 45.0 Å². The molecule has 28 nitrogen and oxygen atoms in total. The van der Waals surface area contributed by atoms with E-state index < -0.39 is 24.5 Å². The van der Waals surface area contributed by atoms with Crippen LogP contribution in [0.15, 0.2) is 192 Å². The molecule has 0 saturated carbocycles. The number of alkyl halides is 1. The van der Waals surface area contributed by atoms with Crippen molar-refractivity contribution in [3.63, 3.8) is 0 Å². The number of aromatic nitrogens is 8. The van der Waals surface area contributed by atoms with Crippen molar-refractivity contribution in [3.8, 4) is 61.7 Å². The van der Waals surface area contributed by atoms with Crippen LogP contribution in [-0.2, 0) is 62.6 Å². The summed E-state index contributed by atoms with van der Waals surface area (Å²) in [4.78, 5) is 154. The van der Waals surface area contributed by atoms with Crippen molar-refractivity contribution < 1.29 is 57.6 Å². The number of aryl methyl sites for hydroxylation is 4. The Balaban J connectivity index is 0.000000180. The highest BCUT2D eigenvalue weighted by molar-refractivity contribution is 9.09. The molecular weight excluding hydrogens is 2050 g/mol. The van der Waals surface area contributed by atoms with Gasteiger partial charge in [-0.25, -0.2) is 24.7 Å². The molecule has 0 radical (unpaired) electrons. The number of carboxylic acid groups (broad SMARTS) is 1. The van der Waals surface area contributed by atoms with Crippen molar-refractivity contribution in [1.82, 2.24) is 48.8 Å². The molecule has 0 aliphatic carbocycles. The monoisotopic (exact) mass is 2140 g/mol. The normalized spacial score (nSPS) is 11.5. The van der Waals surface area contributed by atoms with Gasteiger partial charge in [-0.1, -0.05) is 146 Å². The van der Waals surface area contributed by atoms with Gasteiger partial charge in [0.2, 0.25) is 5.91 Å². The van der Waals surface area contributed by atoms with Gasteiger partial charge in [-0.3, -0.25) is 61.6 Å². The number of benzene rings is 6. The molecule has 0 bridgehead atoms. The number of halogens is 7. The van der Waals surface area contributed by atoms with Crippen LogP contribution in [0.1, 0.15) is 111 Å². The Morgan fingerprint density at radius 3 is 1.12 bits per heavy atom. The van der Waals surface area contributed by atoms with Gasteiger partial charge in [-0.2, -0.15) is 5.26 Å². The summed E-state index contributed by atoms with van der Waals surface area (Å²) in [5, 5.41) is 36.4. The third kappa shape index (κ3) is 31.2. The second-order valence-corrected chi connectivity index (χ2v) is 37.2. The number of aromatic amines is 1. The molecule has 2 aliphatic heterocycles. The van der Waals surface area contributed by atoms with E-state index in [0.717, 1.165) is 86.4 Å². The van der Waals surface area contributed by atoms with Crippen molar-refractivity contribution >= 4 is 230 Å².